The highest BCUT2D eigenvalue weighted by molar-refractivity contribution is 5.06. The normalized spacial score (nSPS) is 20.8. The first kappa shape index (κ1) is 20.0. The van der Waals surface area contributed by atoms with Gasteiger partial charge in [0.2, 0.25) is 0 Å². The van der Waals surface area contributed by atoms with Crippen molar-refractivity contribution in [2.75, 3.05) is 13.2 Å². The second-order valence-corrected chi connectivity index (χ2v) is 6.22. The van der Waals surface area contributed by atoms with E-state index in [1.165, 1.54) is 17.6 Å². The number of hydrogen-bond donors (Lipinski definition) is 1. The zero-order valence-electron chi connectivity index (χ0n) is 14.9. The summed E-state index contributed by atoms with van der Waals surface area (Å²) in [6.07, 6.45) is 11.0. The van der Waals surface area contributed by atoms with Crippen LogP contribution in [-0.4, -0.2) is 30.7 Å². The van der Waals surface area contributed by atoms with Crippen molar-refractivity contribution in [2.24, 2.45) is 0 Å². The van der Waals surface area contributed by atoms with Crippen molar-refractivity contribution in [1.29, 1.82) is 0 Å². The molecular formula is C20H32O3. The van der Waals surface area contributed by atoms with Gasteiger partial charge in [-0.2, -0.15) is 0 Å². The number of aliphatic hydroxyl groups excluding tert-OH is 1. The predicted molar refractivity (Wildman–Crippen MR) is 95.0 cm³/mol. The first-order chi connectivity index (χ1) is 11.1. The molecule has 1 heterocycles. The summed E-state index contributed by atoms with van der Waals surface area (Å²) in [5.41, 5.74) is 2.67. The molecule has 0 aliphatic carbocycles. The van der Waals surface area contributed by atoms with Crippen LogP contribution in [0.25, 0.3) is 0 Å². The lowest BCUT2D eigenvalue weighted by atomic mass is 10.1. The van der Waals surface area contributed by atoms with Crippen molar-refractivity contribution >= 4 is 0 Å². The van der Waals surface area contributed by atoms with Gasteiger partial charge in [0, 0.05) is 6.61 Å². The van der Waals surface area contributed by atoms with E-state index in [0.717, 1.165) is 38.7 Å². The standard InChI is InChI=1S/C20H32O3/c1-4-8-19(21)13-12-17(2)9-7-10-18(3)14-16-23-20-11-5-6-15-22-20/h9,14,19-21H,5-7,10-13,15-16H2,1-3H3/b17-9+,18-14+. The van der Waals surface area contributed by atoms with Gasteiger partial charge in [0.05, 0.1) is 6.61 Å². The molecule has 1 aliphatic rings. The van der Waals surface area contributed by atoms with Crippen molar-refractivity contribution < 1.29 is 14.6 Å². The fraction of sp³-hybridized carbons (Fsp3) is 0.700. The summed E-state index contributed by atoms with van der Waals surface area (Å²) in [4.78, 5) is 0. The van der Waals surface area contributed by atoms with Crippen molar-refractivity contribution in [1.82, 2.24) is 0 Å². The summed E-state index contributed by atoms with van der Waals surface area (Å²) in [5.74, 6) is 5.52. The van der Waals surface area contributed by atoms with Gasteiger partial charge >= 0.3 is 0 Å². The van der Waals surface area contributed by atoms with Gasteiger partial charge in [-0.05, 0) is 65.7 Å². The van der Waals surface area contributed by atoms with E-state index >= 15 is 0 Å². The molecule has 0 spiro atoms. The third-order valence-corrected chi connectivity index (χ3v) is 4.01. The van der Waals surface area contributed by atoms with E-state index in [-0.39, 0.29) is 6.29 Å². The monoisotopic (exact) mass is 320 g/mol. The second-order valence-electron chi connectivity index (χ2n) is 6.22. The molecule has 1 aliphatic heterocycles. The third-order valence-electron chi connectivity index (χ3n) is 4.01. The molecule has 23 heavy (non-hydrogen) atoms. The predicted octanol–water partition coefficient (Wildman–Crippen LogP) is 4.37. The zero-order chi connectivity index (χ0) is 16.9. The summed E-state index contributed by atoms with van der Waals surface area (Å²) in [5, 5.41) is 9.58. The van der Waals surface area contributed by atoms with Crippen LogP contribution in [0.2, 0.25) is 0 Å². The van der Waals surface area contributed by atoms with E-state index in [9.17, 15) is 5.11 Å². The van der Waals surface area contributed by atoms with Gasteiger partial charge in [-0.25, -0.2) is 0 Å². The molecule has 0 aromatic rings. The summed E-state index contributed by atoms with van der Waals surface area (Å²) in [6.45, 7) is 7.49. The average Bonchev–Trinajstić information content (AvgIpc) is 2.54. The Hall–Kier alpha value is -1.08. The molecule has 0 radical (unpaired) electrons. The number of rotatable bonds is 9. The largest absolute Gasteiger partial charge is 0.380 e. The van der Waals surface area contributed by atoms with Crippen molar-refractivity contribution in [3.05, 3.63) is 23.3 Å². The molecule has 0 aromatic heterocycles. The molecule has 0 saturated carbocycles. The van der Waals surface area contributed by atoms with E-state index in [0.29, 0.717) is 13.0 Å². The molecule has 0 amide bonds. The first-order valence-electron chi connectivity index (χ1n) is 8.76. The molecule has 0 bridgehead atoms. The maximum Gasteiger partial charge on any atom is 0.157 e. The Balaban J connectivity index is 2.15. The zero-order valence-corrected chi connectivity index (χ0v) is 14.9. The van der Waals surface area contributed by atoms with E-state index in [2.05, 4.69) is 37.8 Å². The smallest absolute Gasteiger partial charge is 0.157 e. The second kappa shape index (κ2) is 12.4. The lowest BCUT2D eigenvalue weighted by Gasteiger charge is -2.22. The van der Waals surface area contributed by atoms with Gasteiger partial charge < -0.3 is 14.6 Å². The van der Waals surface area contributed by atoms with Crippen molar-refractivity contribution in [2.45, 2.75) is 78.1 Å². The van der Waals surface area contributed by atoms with E-state index in [1.54, 1.807) is 6.92 Å². The minimum Gasteiger partial charge on any atom is -0.380 e. The molecule has 1 rings (SSSR count). The SMILES string of the molecule is CC#CC(O)CC/C(C)=C/CC/C(C)=C/COC1CCCCO1. The van der Waals surface area contributed by atoms with Gasteiger partial charge in [0.25, 0.3) is 0 Å². The minimum atomic E-state index is -0.496. The van der Waals surface area contributed by atoms with E-state index in [4.69, 9.17) is 9.47 Å². The average molecular weight is 320 g/mol. The van der Waals surface area contributed by atoms with Crippen LogP contribution in [0.5, 0.6) is 0 Å². The van der Waals surface area contributed by atoms with Crippen LogP contribution in [0.3, 0.4) is 0 Å². The number of ether oxygens (including phenoxy) is 2. The molecule has 3 heteroatoms. The fourth-order valence-electron chi connectivity index (χ4n) is 2.49. The third kappa shape index (κ3) is 10.3. The van der Waals surface area contributed by atoms with Gasteiger partial charge in [0.1, 0.15) is 6.10 Å². The van der Waals surface area contributed by atoms with Crippen LogP contribution in [0.1, 0.15) is 65.7 Å². The summed E-state index contributed by atoms with van der Waals surface area (Å²) >= 11 is 0. The molecule has 1 fully saturated rings. The topological polar surface area (TPSA) is 38.7 Å². The number of aliphatic hydroxyl groups is 1. The van der Waals surface area contributed by atoms with Gasteiger partial charge in [-0.1, -0.05) is 29.2 Å². The maximum atomic E-state index is 9.58. The highest BCUT2D eigenvalue weighted by atomic mass is 16.7. The van der Waals surface area contributed by atoms with Crippen LogP contribution < -0.4 is 0 Å². The molecular weight excluding hydrogens is 288 g/mol. The Labute approximate surface area is 141 Å². The molecule has 2 atom stereocenters. The van der Waals surface area contributed by atoms with E-state index < -0.39 is 6.10 Å². The van der Waals surface area contributed by atoms with Crippen LogP contribution in [0.15, 0.2) is 23.3 Å². The highest BCUT2D eigenvalue weighted by Crippen LogP contribution is 2.15. The summed E-state index contributed by atoms with van der Waals surface area (Å²) < 4.78 is 11.3. The summed E-state index contributed by atoms with van der Waals surface area (Å²) in [6, 6.07) is 0. The van der Waals surface area contributed by atoms with Crippen LogP contribution in [-0.2, 0) is 9.47 Å². The first-order valence-corrected chi connectivity index (χ1v) is 8.76. The highest BCUT2D eigenvalue weighted by Gasteiger charge is 2.12. The van der Waals surface area contributed by atoms with Gasteiger partial charge in [-0.15, -0.1) is 5.92 Å². The lowest BCUT2D eigenvalue weighted by Crippen LogP contribution is -2.22. The Morgan fingerprint density at radius 3 is 2.74 bits per heavy atom. The molecule has 130 valence electrons. The Kier molecular flexibility index (Phi) is 10.7. The van der Waals surface area contributed by atoms with Crippen LogP contribution in [0, 0.1) is 11.8 Å². The lowest BCUT2D eigenvalue weighted by molar-refractivity contribution is -0.155. The van der Waals surface area contributed by atoms with Gasteiger partial charge in [0.15, 0.2) is 6.29 Å². The van der Waals surface area contributed by atoms with Crippen molar-refractivity contribution in [3.63, 3.8) is 0 Å². The Morgan fingerprint density at radius 1 is 1.26 bits per heavy atom. The van der Waals surface area contributed by atoms with E-state index in [1.807, 2.05) is 0 Å². The molecule has 3 nitrogen and oxygen atoms in total. The molecule has 1 N–H and O–H groups in total. The Morgan fingerprint density at radius 2 is 2.04 bits per heavy atom. The fourth-order valence-corrected chi connectivity index (χ4v) is 2.49. The van der Waals surface area contributed by atoms with Crippen LogP contribution in [0.4, 0.5) is 0 Å². The van der Waals surface area contributed by atoms with Crippen LogP contribution >= 0.6 is 0 Å². The van der Waals surface area contributed by atoms with Gasteiger partial charge in [-0.3, -0.25) is 0 Å². The summed E-state index contributed by atoms with van der Waals surface area (Å²) in [7, 11) is 0. The number of allylic oxidation sites excluding steroid dienone is 3. The minimum absolute atomic E-state index is 0.00686. The molecule has 0 aromatic carbocycles. The molecule has 2 unspecified atom stereocenters. The van der Waals surface area contributed by atoms with Crippen molar-refractivity contribution in [3.8, 4) is 11.8 Å². The molecule has 1 saturated heterocycles. The maximum absolute atomic E-state index is 9.58. The number of hydrogen-bond acceptors (Lipinski definition) is 3. The Bertz CT molecular complexity index is 434. The quantitative estimate of drug-likeness (QED) is 0.506.